The summed E-state index contributed by atoms with van der Waals surface area (Å²) in [5.74, 6) is -0.0112. The van der Waals surface area contributed by atoms with Crippen molar-refractivity contribution < 1.29 is 4.79 Å². The Balaban J connectivity index is 2.34. The third-order valence-electron chi connectivity index (χ3n) is 3.72. The smallest absolute Gasteiger partial charge is 0.253 e. The van der Waals surface area contributed by atoms with E-state index in [-0.39, 0.29) is 5.91 Å². The summed E-state index contributed by atoms with van der Waals surface area (Å²) in [5, 5.41) is 9.74. The molecule has 0 radical (unpaired) electrons. The summed E-state index contributed by atoms with van der Waals surface area (Å²) >= 11 is 0. The van der Waals surface area contributed by atoms with Crippen molar-refractivity contribution in [3.05, 3.63) is 35.0 Å². The molecule has 1 amide bonds. The molecule has 0 unspecified atom stereocenters. The Hall–Kier alpha value is -2.28. The van der Waals surface area contributed by atoms with Crippen molar-refractivity contribution in [2.75, 3.05) is 13.1 Å². The van der Waals surface area contributed by atoms with E-state index in [0.29, 0.717) is 25.1 Å². The number of hydrogen-bond donors (Lipinski definition) is 1. The molecule has 1 N–H and O–H groups in total. The standard InChI is InChI=1S/C16H19N3O/c1-4-19(9-5-8-17)16(20)13-6-7-15-14(10-13)11(2)12(3)18-15/h6-7,10,18H,4-5,9H2,1-3H3. The van der Waals surface area contributed by atoms with E-state index in [2.05, 4.69) is 18.0 Å². The van der Waals surface area contributed by atoms with E-state index >= 15 is 0 Å². The van der Waals surface area contributed by atoms with E-state index in [4.69, 9.17) is 5.26 Å². The Labute approximate surface area is 119 Å². The van der Waals surface area contributed by atoms with Gasteiger partial charge in [0.15, 0.2) is 0 Å². The topological polar surface area (TPSA) is 59.9 Å². The lowest BCUT2D eigenvalue weighted by atomic mass is 10.1. The Morgan fingerprint density at radius 2 is 2.15 bits per heavy atom. The minimum atomic E-state index is -0.0112. The van der Waals surface area contributed by atoms with Gasteiger partial charge in [0.25, 0.3) is 5.91 Å². The summed E-state index contributed by atoms with van der Waals surface area (Å²) < 4.78 is 0. The van der Waals surface area contributed by atoms with Gasteiger partial charge in [0.05, 0.1) is 12.5 Å². The minimum Gasteiger partial charge on any atom is -0.358 e. The number of aromatic nitrogens is 1. The van der Waals surface area contributed by atoms with Crippen LogP contribution in [-0.2, 0) is 0 Å². The molecule has 2 rings (SSSR count). The maximum Gasteiger partial charge on any atom is 0.253 e. The highest BCUT2D eigenvalue weighted by molar-refractivity contribution is 5.99. The molecule has 1 aromatic heterocycles. The zero-order valence-corrected chi connectivity index (χ0v) is 12.2. The third kappa shape index (κ3) is 2.53. The average Bonchev–Trinajstić information content (AvgIpc) is 2.74. The molecule has 0 bridgehead atoms. The van der Waals surface area contributed by atoms with Crippen molar-refractivity contribution in [2.24, 2.45) is 0 Å². The SMILES string of the molecule is CCN(CCC#N)C(=O)c1ccc2[nH]c(C)c(C)c2c1. The molecule has 2 aromatic rings. The molecule has 0 aliphatic rings. The first-order chi connectivity index (χ1) is 9.58. The summed E-state index contributed by atoms with van der Waals surface area (Å²) in [7, 11) is 0. The van der Waals surface area contributed by atoms with Crippen LogP contribution in [0.2, 0.25) is 0 Å². The van der Waals surface area contributed by atoms with Gasteiger partial charge in [-0.2, -0.15) is 5.26 Å². The van der Waals surface area contributed by atoms with Crippen molar-refractivity contribution in [1.29, 1.82) is 5.26 Å². The number of benzene rings is 1. The maximum atomic E-state index is 12.4. The fourth-order valence-corrected chi connectivity index (χ4v) is 2.37. The van der Waals surface area contributed by atoms with Crippen molar-refractivity contribution in [3.63, 3.8) is 0 Å². The predicted octanol–water partition coefficient (Wildman–Crippen LogP) is 3.16. The molecule has 0 spiro atoms. The van der Waals surface area contributed by atoms with E-state index < -0.39 is 0 Å². The highest BCUT2D eigenvalue weighted by Gasteiger charge is 2.15. The molecule has 1 heterocycles. The van der Waals surface area contributed by atoms with Crippen molar-refractivity contribution in [3.8, 4) is 6.07 Å². The number of nitriles is 1. The van der Waals surface area contributed by atoms with E-state index in [1.165, 1.54) is 5.56 Å². The number of aryl methyl sites for hydroxylation is 2. The van der Waals surface area contributed by atoms with Crippen LogP contribution >= 0.6 is 0 Å². The highest BCUT2D eigenvalue weighted by atomic mass is 16.2. The second-order valence-electron chi connectivity index (χ2n) is 4.93. The number of aromatic amines is 1. The molecule has 0 fully saturated rings. The number of carbonyl (C=O) groups is 1. The van der Waals surface area contributed by atoms with Crippen LogP contribution in [0.15, 0.2) is 18.2 Å². The first-order valence-electron chi connectivity index (χ1n) is 6.83. The van der Waals surface area contributed by atoms with Gasteiger partial charge < -0.3 is 9.88 Å². The Bertz CT molecular complexity index is 679. The number of nitrogens with one attached hydrogen (secondary N) is 1. The fourth-order valence-electron chi connectivity index (χ4n) is 2.37. The number of nitrogens with zero attached hydrogens (tertiary/aromatic N) is 2. The lowest BCUT2D eigenvalue weighted by Crippen LogP contribution is -2.31. The van der Waals surface area contributed by atoms with Gasteiger partial charge in [-0.15, -0.1) is 0 Å². The summed E-state index contributed by atoms with van der Waals surface area (Å²) in [6.07, 6.45) is 0.365. The predicted molar refractivity (Wildman–Crippen MR) is 79.6 cm³/mol. The van der Waals surface area contributed by atoms with E-state index in [9.17, 15) is 4.79 Å². The van der Waals surface area contributed by atoms with Crippen LogP contribution in [0.4, 0.5) is 0 Å². The molecule has 0 saturated carbocycles. The first kappa shape index (κ1) is 14.1. The highest BCUT2D eigenvalue weighted by Crippen LogP contribution is 2.23. The first-order valence-corrected chi connectivity index (χ1v) is 6.83. The van der Waals surface area contributed by atoms with Gasteiger partial charge in [-0.05, 0) is 44.5 Å². The monoisotopic (exact) mass is 269 g/mol. The molecule has 0 saturated heterocycles. The number of fused-ring (bicyclic) bond motifs is 1. The lowest BCUT2D eigenvalue weighted by Gasteiger charge is -2.19. The molecule has 20 heavy (non-hydrogen) atoms. The molecule has 0 aliphatic carbocycles. The number of H-pyrrole nitrogens is 1. The van der Waals surface area contributed by atoms with Gasteiger partial charge in [-0.1, -0.05) is 0 Å². The van der Waals surface area contributed by atoms with Crippen LogP contribution in [-0.4, -0.2) is 28.9 Å². The largest absolute Gasteiger partial charge is 0.358 e. The second-order valence-corrected chi connectivity index (χ2v) is 4.93. The van der Waals surface area contributed by atoms with Gasteiger partial charge in [0.1, 0.15) is 0 Å². The van der Waals surface area contributed by atoms with Crippen molar-refractivity contribution >= 4 is 16.8 Å². The molecular formula is C16H19N3O. The van der Waals surface area contributed by atoms with Gasteiger partial charge in [-0.3, -0.25) is 4.79 Å². The Morgan fingerprint density at radius 1 is 1.40 bits per heavy atom. The molecule has 4 heteroatoms. The Kier molecular flexibility index (Phi) is 4.09. The molecule has 0 atom stereocenters. The molecule has 1 aromatic carbocycles. The van der Waals surface area contributed by atoms with Crippen molar-refractivity contribution in [2.45, 2.75) is 27.2 Å². The van der Waals surface area contributed by atoms with Gasteiger partial charge in [0.2, 0.25) is 0 Å². The zero-order valence-electron chi connectivity index (χ0n) is 12.2. The summed E-state index contributed by atoms with van der Waals surface area (Å²) in [6.45, 7) is 7.11. The van der Waals surface area contributed by atoms with Crippen LogP contribution in [0.5, 0.6) is 0 Å². The van der Waals surface area contributed by atoms with Gasteiger partial charge in [-0.25, -0.2) is 0 Å². The van der Waals surface area contributed by atoms with E-state index in [0.717, 1.165) is 16.6 Å². The zero-order chi connectivity index (χ0) is 14.7. The fraction of sp³-hybridized carbons (Fsp3) is 0.375. The van der Waals surface area contributed by atoms with Gasteiger partial charge in [0, 0.05) is 35.2 Å². The Morgan fingerprint density at radius 3 is 2.80 bits per heavy atom. The van der Waals surface area contributed by atoms with E-state index in [1.807, 2.05) is 32.0 Å². The molecule has 4 nitrogen and oxygen atoms in total. The number of rotatable bonds is 4. The van der Waals surface area contributed by atoms with E-state index in [1.54, 1.807) is 4.90 Å². The number of carbonyl (C=O) groups excluding carboxylic acids is 1. The number of hydrogen-bond acceptors (Lipinski definition) is 2. The molecule has 104 valence electrons. The normalized spacial score (nSPS) is 10.5. The summed E-state index contributed by atoms with van der Waals surface area (Å²) in [6, 6.07) is 7.81. The number of amides is 1. The quantitative estimate of drug-likeness (QED) is 0.926. The minimum absolute atomic E-state index is 0.0112. The van der Waals surface area contributed by atoms with Crippen LogP contribution in [0.25, 0.3) is 10.9 Å². The van der Waals surface area contributed by atoms with Crippen LogP contribution in [0, 0.1) is 25.2 Å². The second kappa shape index (κ2) is 5.79. The summed E-state index contributed by atoms with van der Waals surface area (Å²) in [4.78, 5) is 17.5. The van der Waals surface area contributed by atoms with Crippen LogP contribution in [0.3, 0.4) is 0 Å². The molecular weight excluding hydrogens is 250 g/mol. The van der Waals surface area contributed by atoms with Crippen molar-refractivity contribution in [1.82, 2.24) is 9.88 Å². The third-order valence-corrected chi connectivity index (χ3v) is 3.72. The molecule has 0 aliphatic heterocycles. The average molecular weight is 269 g/mol. The van der Waals surface area contributed by atoms with Crippen LogP contribution < -0.4 is 0 Å². The van der Waals surface area contributed by atoms with Crippen LogP contribution in [0.1, 0.15) is 35.0 Å². The lowest BCUT2D eigenvalue weighted by molar-refractivity contribution is 0.0768. The maximum absolute atomic E-state index is 12.4. The summed E-state index contributed by atoms with van der Waals surface area (Å²) in [5.41, 5.74) is 4.03. The van der Waals surface area contributed by atoms with Gasteiger partial charge >= 0.3 is 0 Å².